The number of nitrogens with zero attached hydrogens (tertiary/aromatic N) is 3. The van der Waals surface area contributed by atoms with Crippen LogP contribution in [0.3, 0.4) is 0 Å². The number of carbonyl (C=O) groups excluding carboxylic acids is 1. The standard InChI is InChI=1S/C26H26N4O4/c1-4-18-5-8-20(9-6-18)30-26-25(17(3)29-30)16(2)13-24(28-26)34-15-23(31)27-19-7-10-21-22(14-19)33-12-11-32-21/h5-10,13-14H,4,11-12,15H2,1-3H3,(H,27,31). The lowest BCUT2D eigenvalue weighted by Crippen LogP contribution is -2.21. The molecule has 0 aliphatic carbocycles. The maximum atomic E-state index is 12.5. The predicted molar refractivity (Wildman–Crippen MR) is 129 cm³/mol. The second kappa shape index (κ2) is 9.05. The molecule has 1 aliphatic heterocycles. The average Bonchev–Trinajstić information content (AvgIpc) is 3.19. The third-order valence-electron chi connectivity index (χ3n) is 5.75. The molecule has 0 fully saturated rings. The molecule has 2 aromatic carbocycles. The molecule has 0 unspecified atom stereocenters. The molecule has 0 atom stereocenters. The molecule has 8 heteroatoms. The molecule has 3 heterocycles. The number of aryl methyl sites for hydroxylation is 3. The Hall–Kier alpha value is -4.07. The van der Waals surface area contributed by atoms with Crippen molar-refractivity contribution in [3.8, 4) is 23.1 Å². The fourth-order valence-electron chi connectivity index (χ4n) is 4.06. The lowest BCUT2D eigenvalue weighted by atomic mass is 10.1. The van der Waals surface area contributed by atoms with Crippen LogP contribution in [-0.4, -0.2) is 40.5 Å². The summed E-state index contributed by atoms with van der Waals surface area (Å²) in [6, 6.07) is 15.4. The van der Waals surface area contributed by atoms with E-state index in [9.17, 15) is 4.79 Å². The number of benzene rings is 2. The second-order valence-corrected chi connectivity index (χ2v) is 8.19. The van der Waals surface area contributed by atoms with E-state index >= 15 is 0 Å². The molecule has 5 rings (SSSR count). The minimum Gasteiger partial charge on any atom is -0.486 e. The minimum absolute atomic E-state index is 0.176. The normalized spacial score (nSPS) is 12.6. The van der Waals surface area contributed by atoms with Crippen LogP contribution in [0.25, 0.3) is 16.7 Å². The zero-order valence-electron chi connectivity index (χ0n) is 19.4. The first-order valence-corrected chi connectivity index (χ1v) is 11.3. The Morgan fingerprint density at radius 1 is 1.06 bits per heavy atom. The Balaban J connectivity index is 1.34. The number of pyridine rings is 1. The van der Waals surface area contributed by atoms with Crippen molar-refractivity contribution in [3.63, 3.8) is 0 Å². The molecule has 1 N–H and O–H groups in total. The third-order valence-corrected chi connectivity index (χ3v) is 5.75. The number of aromatic nitrogens is 3. The fraction of sp³-hybridized carbons (Fsp3) is 0.269. The highest BCUT2D eigenvalue weighted by atomic mass is 16.6. The molecule has 8 nitrogen and oxygen atoms in total. The first kappa shape index (κ1) is 21.8. The monoisotopic (exact) mass is 458 g/mol. The van der Waals surface area contributed by atoms with Crippen molar-refractivity contribution in [3.05, 3.63) is 65.4 Å². The maximum absolute atomic E-state index is 12.5. The number of fused-ring (bicyclic) bond motifs is 2. The highest BCUT2D eigenvalue weighted by Gasteiger charge is 2.16. The average molecular weight is 459 g/mol. The smallest absolute Gasteiger partial charge is 0.262 e. The van der Waals surface area contributed by atoms with E-state index in [1.54, 1.807) is 18.2 Å². The highest BCUT2D eigenvalue weighted by Crippen LogP contribution is 2.32. The molecular weight excluding hydrogens is 432 g/mol. The molecule has 34 heavy (non-hydrogen) atoms. The molecule has 0 radical (unpaired) electrons. The van der Waals surface area contributed by atoms with Gasteiger partial charge in [-0.05, 0) is 55.7 Å². The van der Waals surface area contributed by atoms with Gasteiger partial charge in [-0.1, -0.05) is 19.1 Å². The van der Waals surface area contributed by atoms with Gasteiger partial charge in [0, 0.05) is 23.2 Å². The fourth-order valence-corrected chi connectivity index (χ4v) is 4.06. The van der Waals surface area contributed by atoms with Crippen LogP contribution in [0, 0.1) is 13.8 Å². The van der Waals surface area contributed by atoms with Gasteiger partial charge >= 0.3 is 0 Å². The molecule has 2 aromatic heterocycles. The zero-order valence-corrected chi connectivity index (χ0v) is 19.4. The van der Waals surface area contributed by atoms with Crippen LogP contribution in [0.5, 0.6) is 17.4 Å². The van der Waals surface area contributed by atoms with E-state index in [1.807, 2.05) is 36.7 Å². The second-order valence-electron chi connectivity index (χ2n) is 8.19. The number of ether oxygens (including phenoxy) is 3. The Labute approximate surface area is 197 Å². The van der Waals surface area contributed by atoms with Crippen molar-refractivity contribution in [1.82, 2.24) is 14.8 Å². The van der Waals surface area contributed by atoms with Gasteiger partial charge in [0.2, 0.25) is 5.88 Å². The maximum Gasteiger partial charge on any atom is 0.262 e. The van der Waals surface area contributed by atoms with Crippen LogP contribution in [0.15, 0.2) is 48.5 Å². The summed E-state index contributed by atoms with van der Waals surface area (Å²) in [5.41, 5.74) is 5.37. The Morgan fingerprint density at radius 3 is 2.59 bits per heavy atom. The van der Waals surface area contributed by atoms with Crippen molar-refractivity contribution < 1.29 is 19.0 Å². The van der Waals surface area contributed by atoms with Crippen LogP contribution < -0.4 is 19.5 Å². The van der Waals surface area contributed by atoms with Gasteiger partial charge in [0.25, 0.3) is 5.91 Å². The first-order chi connectivity index (χ1) is 16.5. The summed E-state index contributed by atoms with van der Waals surface area (Å²) < 4.78 is 18.7. The zero-order chi connectivity index (χ0) is 23.7. The Morgan fingerprint density at radius 2 is 1.82 bits per heavy atom. The molecule has 0 saturated heterocycles. The van der Waals surface area contributed by atoms with Gasteiger partial charge in [0.1, 0.15) is 13.2 Å². The van der Waals surface area contributed by atoms with Crippen LogP contribution in [0.2, 0.25) is 0 Å². The summed E-state index contributed by atoms with van der Waals surface area (Å²) >= 11 is 0. The van der Waals surface area contributed by atoms with Gasteiger partial charge in [-0.25, -0.2) is 4.68 Å². The van der Waals surface area contributed by atoms with E-state index in [0.29, 0.717) is 41.9 Å². The first-order valence-electron chi connectivity index (χ1n) is 11.3. The van der Waals surface area contributed by atoms with Crippen molar-refractivity contribution in [1.29, 1.82) is 0 Å². The quantitative estimate of drug-likeness (QED) is 0.461. The van der Waals surface area contributed by atoms with Crippen LogP contribution in [0.4, 0.5) is 5.69 Å². The van der Waals surface area contributed by atoms with Crippen molar-refractivity contribution in [2.24, 2.45) is 0 Å². The molecule has 0 spiro atoms. The largest absolute Gasteiger partial charge is 0.486 e. The summed E-state index contributed by atoms with van der Waals surface area (Å²) in [4.78, 5) is 17.2. The van der Waals surface area contributed by atoms with Gasteiger partial charge in [0.05, 0.1) is 11.4 Å². The topological polar surface area (TPSA) is 87.5 Å². The SMILES string of the molecule is CCc1ccc(-n2nc(C)c3c(C)cc(OCC(=O)Nc4ccc5c(c4)OCCO5)nc32)cc1. The number of rotatable bonds is 6. The summed E-state index contributed by atoms with van der Waals surface area (Å²) in [5.74, 6) is 1.36. The number of nitrogens with one attached hydrogen (secondary N) is 1. The molecule has 4 aromatic rings. The Kier molecular flexibility index (Phi) is 5.79. The van der Waals surface area contributed by atoms with E-state index in [1.165, 1.54) is 5.56 Å². The van der Waals surface area contributed by atoms with Crippen LogP contribution >= 0.6 is 0 Å². The van der Waals surface area contributed by atoms with E-state index < -0.39 is 0 Å². The van der Waals surface area contributed by atoms with Gasteiger partial charge in [0.15, 0.2) is 23.8 Å². The number of anilines is 1. The van der Waals surface area contributed by atoms with E-state index in [-0.39, 0.29) is 12.5 Å². The summed E-state index contributed by atoms with van der Waals surface area (Å²) in [5, 5.41) is 8.50. The van der Waals surface area contributed by atoms with Gasteiger partial charge in [-0.2, -0.15) is 10.1 Å². The minimum atomic E-state index is -0.295. The van der Waals surface area contributed by atoms with Gasteiger partial charge in [-0.3, -0.25) is 4.79 Å². The van der Waals surface area contributed by atoms with Crippen LogP contribution in [-0.2, 0) is 11.2 Å². The van der Waals surface area contributed by atoms with Gasteiger partial charge in [-0.15, -0.1) is 0 Å². The number of amides is 1. The van der Waals surface area contributed by atoms with Crippen molar-refractivity contribution >= 4 is 22.6 Å². The van der Waals surface area contributed by atoms with Crippen molar-refractivity contribution in [2.75, 3.05) is 25.1 Å². The summed E-state index contributed by atoms with van der Waals surface area (Å²) in [6.45, 7) is 6.91. The molecule has 1 aliphatic rings. The highest BCUT2D eigenvalue weighted by molar-refractivity contribution is 5.92. The van der Waals surface area contributed by atoms with E-state index in [2.05, 4.69) is 29.4 Å². The summed E-state index contributed by atoms with van der Waals surface area (Å²) in [7, 11) is 0. The Bertz CT molecular complexity index is 1360. The van der Waals surface area contributed by atoms with Crippen LogP contribution in [0.1, 0.15) is 23.7 Å². The molecule has 0 bridgehead atoms. The predicted octanol–water partition coefficient (Wildman–Crippen LogP) is 4.39. The lowest BCUT2D eigenvalue weighted by molar-refractivity contribution is -0.118. The number of carbonyl (C=O) groups is 1. The number of hydrogen-bond donors (Lipinski definition) is 1. The molecule has 0 saturated carbocycles. The molecular formula is C26H26N4O4. The third kappa shape index (κ3) is 4.26. The molecule has 1 amide bonds. The lowest BCUT2D eigenvalue weighted by Gasteiger charge is -2.19. The molecule has 174 valence electrons. The van der Waals surface area contributed by atoms with E-state index in [0.717, 1.165) is 28.8 Å². The summed E-state index contributed by atoms with van der Waals surface area (Å²) in [6.07, 6.45) is 0.975. The van der Waals surface area contributed by atoms with Crippen molar-refractivity contribution in [2.45, 2.75) is 27.2 Å². The van der Waals surface area contributed by atoms with Gasteiger partial charge < -0.3 is 19.5 Å². The number of hydrogen-bond acceptors (Lipinski definition) is 6. The van der Waals surface area contributed by atoms with E-state index in [4.69, 9.17) is 19.3 Å².